The quantitative estimate of drug-likeness (QED) is 0.903. The van der Waals surface area contributed by atoms with Crippen molar-refractivity contribution in [3.63, 3.8) is 0 Å². The molecule has 21 heavy (non-hydrogen) atoms. The molecule has 116 valence electrons. The monoisotopic (exact) mass is 290 g/mol. The second kappa shape index (κ2) is 6.67. The van der Waals surface area contributed by atoms with E-state index >= 15 is 0 Å². The molecule has 4 heteroatoms. The summed E-state index contributed by atoms with van der Waals surface area (Å²) in [7, 11) is 2.07. The molecule has 2 heterocycles. The van der Waals surface area contributed by atoms with Gasteiger partial charge in [-0.3, -0.25) is 4.90 Å². The fourth-order valence-corrected chi connectivity index (χ4v) is 3.30. The van der Waals surface area contributed by atoms with Gasteiger partial charge in [0.25, 0.3) is 0 Å². The molecule has 0 spiro atoms. The third kappa shape index (κ3) is 3.50. The molecule has 0 aromatic heterocycles. The summed E-state index contributed by atoms with van der Waals surface area (Å²) in [5.74, 6) is 1.77. The smallest absolute Gasteiger partial charge is 0.231 e. The third-order valence-corrected chi connectivity index (χ3v) is 4.77. The van der Waals surface area contributed by atoms with Crippen LogP contribution in [0.25, 0.3) is 0 Å². The number of ether oxygens (including phenoxy) is 2. The highest BCUT2D eigenvalue weighted by molar-refractivity contribution is 5.44. The molecular weight excluding hydrogens is 264 g/mol. The summed E-state index contributed by atoms with van der Waals surface area (Å²) in [5.41, 5.74) is 1.34. The van der Waals surface area contributed by atoms with Gasteiger partial charge in [-0.05, 0) is 63.9 Å². The lowest BCUT2D eigenvalue weighted by Gasteiger charge is -2.36. The number of benzene rings is 1. The van der Waals surface area contributed by atoms with Crippen molar-refractivity contribution in [1.29, 1.82) is 0 Å². The van der Waals surface area contributed by atoms with Crippen molar-refractivity contribution in [1.82, 2.24) is 10.2 Å². The summed E-state index contributed by atoms with van der Waals surface area (Å²) in [6.07, 6.45) is 4.90. The molecule has 2 atom stereocenters. The van der Waals surface area contributed by atoms with Crippen LogP contribution in [0.3, 0.4) is 0 Å². The predicted molar refractivity (Wildman–Crippen MR) is 84.0 cm³/mol. The van der Waals surface area contributed by atoms with Gasteiger partial charge in [-0.1, -0.05) is 6.07 Å². The molecule has 2 aliphatic rings. The number of hydrogen-bond donors (Lipinski definition) is 1. The van der Waals surface area contributed by atoms with Crippen LogP contribution in [0.4, 0.5) is 0 Å². The first-order chi connectivity index (χ1) is 10.3. The van der Waals surface area contributed by atoms with Gasteiger partial charge in [0, 0.05) is 18.6 Å². The molecule has 4 nitrogen and oxygen atoms in total. The largest absolute Gasteiger partial charge is 0.454 e. The maximum absolute atomic E-state index is 5.45. The molecule has 1 N–H and O–H groups in total. The Morgan fingerprint density at radius 1 is 1.33 bits per heavy atom. The average Bonchev–Trinajstić information content (AvgIpc) is 3.00. The van der Waals surface area contributed by atoms with Gasteiger partial charge in [0.15, 0.2) is 11.5 Å². The van der Waals surface area contributed by atoms with Crippen molar-refractivity contribution >= 4 is 0 Å². The van der Waals surface area contributed by atoms with Gasteiger partial charge >= 0.3 is 0 Å². The van der Waals surface area contributed by atoms with E-state index in [1.807, 2.05) is 6.07 Å². The molecule has 2 aliphatic heterocycles. The maximum atomic E-state index is 5.45. The van der Waals surface area contributed by atoms with Gasteiger partial charge in [0.1, 0.15) is 0 Å². The Labute approximate surface area is 127 Å². The maximum Gasteiger partial charge on any atom is 0.231 e. The van der Waals surface area contributed by atoms with E-state index in [1.54, 1.807) is 0 Å². The summed E-state index contributed by atoms with van der Waals surface area (Å²) < 4.78 is 10.8. The Balaban J connectivity index is 1.52. The van der Waals surface area contributed by atoms with Gasteiger partial charge < -0.3 is 14.8 Å². The van der Waals surface area contributed by atoms with Crippen molar-refractivity contribution in [3.8, 4) is 11.5 Å². The van der Waals surface area contributed by atoms with Crippen LogP contribution < -0.4 is 14.8 Å². The zero-order valence-electron chi connectivity index (χ0n) is 13.1. The molecule has 2 unspecified atom stereocenters. The summed E-state index contributed by atoms with van der Waals surface area (Å²) >= 11 is 0. The third-order valence-electron chi connectivity index (χ3n) is 4.77. The van der Waals surface area contributed by atoms with Gasteiger partial charge in [0.2, 0.25) is 6.79 Å². The first kappa shape index (κ1) is 14.7. The minimum atomic E-state index is 0.356. The van der Waals surface area contributed by atoms with E-state index in [0.717, 1.165) is 17.9 Å². The van der Waals surface area contributed by atoms with Crippen LogP contribution in [-0.4, -0.2) is 43.9 Å². The van der Waals surface area contributed by atoms with Crippen LogP contribution in [0.2, 0.25) is 0 Å². The Kier molecular flexibility index (Phi) is 4.66. The number of likely N-dealkylation sites (N-methyl/N-ethyl adjacent to an activating group) is 1. The molecule has 1 fully saturated rings. The Morgan fingerprint density at radius 3 is 3.05 bits per heavy atom. The van der Waals surface area contributed by atoms with Gasteiger partial charge in [-0.2, -0.15) is 0 Å². The predicted octanol–water partition coefficient (Wildman–Crippen LogP) is 2.42. The lowest BCUT2D eigenvalue weighted by Crippen LogP contribution is -2.47. The van der Waals surface area contributed by atoms with E-state index in [1.165, 1.54) is 37.9 Å². The molecule has 0 amide bonds. The average molecular weight is 290 g/mol. The normalized spacial score (nSPS) is 23.2. The fourth-order valence-electron chi connectivity index (χ4n) is 3.30. The molecule has 0 bridgehead atoms. The summed E-state index contributed by atoms with van der Waals surface area (Å²) in [6.45, 7) is 5.12. The first-order valence-corrected chi connectivity index (χ1v) is 8.06. The molecule has 0 aliphatic carbocycles. The molecule has 1 saturated heterocycles. The standard InChI is InChI=1S/C17H26N2O2/c1-13(19-9-3-4-15(11-19)18-2)5-6-14-7-8-16-17(10-14)21-12-20-16/h7-8,10,13,15,18H,3-6,9,11-12H2,1-2H3. The topological polar surface area (TPSA) is 33.7 Å². The van der Waals surface area contributed by atoms with E-state index in [4.69, 9.17) is 9.47 Å². The van der Waals surface area contributed by atoms with Crippen LogP contribution in [0.1, 0.15) is 31.7 Å². The zero-order chi connectivity index (χ0) is 14.7. The highest BCUT2D eigenvalue weighted by Crippen LogP contribution is 2.33. The molecule has 0 saturated carbocycles. The molecular formula is C17H26N2O2. The lowest BCUT2D eigenvalue weighted by atomic mass is 10.0. The van der Waals surface area contributed by atoms with Crippen molar-refractivity contribution in [3.05, 3.63) is 23.8 Å². The minimum Gasteiger partial charge on any atom is -0.454 e. The van der Waals surface area contributed by atoms with E-state index in [-0.39, 0.29) is 0 Å². The number of piperidine rings is 1. The number of hydrogen-bond acceptors (Lipinski definition) is 4. The van der Waals surface area contributed by atoms with Crippen LogP contribution in [0.5, 0.6) is 11.5 Å². The van der Waals surface area contributed by atoms with E-state index in [2.05, 4.69) is 36.3 Å². The molecule has 3 rings (SSSR count). The number of nitrogens with one attached hydrogen (secondary N) is 1. The van der Waals surface area contributed by atoms with Crippen LogP contribution in [0.15, 0.2) is 18.2 Å². The molecule has 0 radical (unpaired) electrons. The van der Waals surface area contributed by atoms with Gasteiger partial charge in [0.05, 0.1) is 0 Å². The van der Waals surface area contributed by atoms with Gasteiger partial charge in [-0.15, -0.1) is 0 Å². The Morgan fingerprint density at radius 2 is 2.19 bits per heavy atom. The fraction of sp³-hybridized carbons (Fsp3) is 0.647. The van der Waals surface area contributed by atoms with Crippen LogP contribution in [-0.2, 0) is 6.42 Å². The highest BCUT2D eigenvalue weighted by Gasteiger charge is 2.22. The van der Waals surface area contributed by atoms with Crippen LogP contribution >= 0.6 is 0 Å². The zero-order valence-corrected chi connectivity index (χ0v) is 13.1. The number of rotatable bonds is 5. The first-order valence-electron chi connectivity index (χ1n) is 8.06. The number of nitrogens with zero attached hydrogens (tertiary/aromatic N) is 1. The second-order valence-electron chi connectivity index (χ2n) is 6.20. The van der Waals surface area contributed by atoms with E-state index in [9.17, 15) is 0 Å². The minimum absolute atomic E-state index is 0.356. The lowest BCUT2D eigenvalue weighted by molar-refractivity contribution is 0.143. The van der Waals surface area contributed by atoms with Crippen LogP contribution in [0, 0.1) is 0 Å². The van der Waals surface area contributed by atoms with Crippen molar-refractivity contribution < 1.29 is 9.47 Å². The van der Waals surface area contributed by atoms with Crippen molar-refractivity contribution in [2.24, 2.45) is 0 Å². The number of aryl methyl sites for hydroxylation is 1. The SMILES string of the molecule is CNC1CCCN(C(C)CCc2ccc3c(c2)OCO3)C1. The van der Waals surface area contributed by atoms with Gasteiger partial charge in [-0.25, -0.2) is 0 Å². The number of fused-ring (bicyclic) bond motifs is 1. The van der Waals surface area contributed by atoms with Crippen molar-refractivity contribution in [2.45, 2.75) is 44.7 Å². The van der Waals surface area contributed by atoms with E-state index in [0.29, 0.717) is 18.9 Å². The molecule has 1 aromatic rings. The Bertz CT molecular complexity index is 478. The summed E-state index contributed by atoms with van der Waals surface area (Å²) in [6, 6.07) is 7.60. The second-order valence-corrected chi connectivity index (χ2v) is 6.20. The highest BCUT2D eigenvalue weighted by atomic mass is 16.7. The number of likely N-dealkylation sites (tertiary alicyclic amines) is 1. The Hall–Kier alpha value is -1.26. The van der Waals surface area contributed by atoms with E-state index < -0.39 is 0 Å². The molecule has 1 aromatic carbocycles. The summed E-state index contributed by atoms with van der Waals surface area (Å²) in [4.78, 5) is 2.62. The summed E-state index contributed by atoms with van der Waals surface area (Å²) in [5, 5.41) is 3.42. The van der Waals surface area contributed by atoms with Crippen molar-refractivity contribution in [2.75, 3.05) is 26.9 Å².